The molecular weight excluding hydrogens is 540 g/mol. The molecule has 0 amide bonds. The Hall–Kier alpha value is -3.53. The quantitative estimate of drug-likeness (QED) is 0.335. The molecule has 1 aromatic heterocycles. The van der Waals surface area contributed by atoms with Gasteiger partial charge >= 0.3 is 5.97 Å². The van der Waals surface area contributed by atoms with E-state index in [1.807, 2.05) is 19.1 Å². The van der Waals surface area contributed by atoms with E-state index in [0.717, 1.165) is 17.4 Å². The van der Waals surface area contributed by atoms with Crippen molar-refractivity contribution in [3.05, 3.63) is 76.0 Å². The van der Waals surface area contributed by atoms with E-state index >= 15 is 4.39 Å². The maximum absolute atomic E-state index is 15.7. The average Bonchev–Trinajstić information content (AvgIpc) is 3.35. The minimum atomic E-state index is -3.09. The third-order valence-electron chi connectivity index (χ3n) is 8.19. The number of rotatable bonds is 10. The van der Waals surface area contributed by atoms with Crippen LogP contribution >= 0.6 is 0 Å². The molecule has 10 heteroatoms. The second-order valence-corrected chi connectivity index (χ2v) is 13.2. The number of halogens is 2. The van der Waals surface area contributed by atoms with Crippen molar-refractivity contribution < 1.29 is 36.6 Å². The largest absolute Gasteiger partial charge is 0.489 e. The molecule has 0 spiro atoms. The van der Waals surface area contributed by atoms with Crippen LogP contribution in [0.25, 0.3) is 11.1 Å². The van der Waals surface area contributed by atoms with Crippen LogP contribution in [0, 0.1) is 37.3 Å². The van der Waals surface area contributed by atoms with Gasteiger partial charge in [-0.2, -0.15) is 0 Å². The Morgan fingerprint density at radius 2 is 1.90 bits per heavy atom. The lowest BCUT2D eigenvalue weighted by Crippen LogP contribution is -2.12. The average molecular weight is 572 g/mol. The number of carboxylic acid groups (broad SMARTS) is 1. The number of carboxylic acids is 1. The molecule has 5 rings (SSSR count). The Morgan fingerprint density at radius 3 is 2.58 bits per heavy atom. The zero-order valence-electron chi connectivity index (χ0n) is 22.8. The number of benzene rings is 2. The van der Waals surface area contributed by atoms with E-state index < -0.39 is 27.4 Å². The van der Waals surface area contributed by atoms with Gasteiger partial charge in [0, 0.05) is 34.6 Å². The third-order valence-corrected chi connectivity index (χ3v) is 9.22. The highest BCUT2D eigenvalue weighted by atomic mass is 32.2. The molecule has 1 heterocycles. The number of pyridine rings is 1. The van der Waals surface area contributed by atoms with Gasteiger partial charge in [-0.15, -0.1) is 0 Å². The van der Waals surface area contributed by atoms with E-state index in [2.05, 4.69) is 4.98 Å². The van der Waals surface area contributed by atoms with Crippen molar-refractivity contribution in [2.45, 2.75) is 45.6 Å². The highest BCUT2D eigenvalue weighted by Gasteiger charge is 2.69. The summed E-state index contributed by atoms with van der Waals surface area (Å²) in [5.74, 6) is -1.79. The van der Waals surface area contributed by atoms with Crippen molar-refractivity contribution in [1.29, 1.82) is 0 Å². The van der Waals surface area contributed by atoms with Gasteiger partial charge in [0.25, 0.3) is 0 Å². The molecule has 2 aromatic carbocycles. The summed E-state index contributed by atoms with van der Waals surface area (Å²) in [5.41, 5.74) is 3.29. The maximum Gasteiger partial charge on any atom is 0.307 e. The molecule has 2 aliphatic rings. The molecule has 0 bridgehead atoms. The Morgan fingerprint density at radius 1 is 1.15 bits per heavy atom. The van der Waals surface area contributed by atoms with E-state index in [1.165, 1.54) is 12.1 Å². The second kappa shape index (κ2) is 10.1. The molecule has 1 N–H and O–H groups in total. The summed E-state index contributed by atoms with van der Waals surface area (Å²) in [6, 6.07) is 9.63. The number of nitrogens with zero attached hydrogens (tertiary/aromatic N) is 1. The van der Waals surface area contributed by atoms with Gasteiger partial charge in [0.05, 0.1) is 23.8 Å². The fourth-order valence-electron chi connectivity index (χ4n) is 6.17. The predicted octanol–water partition coefficient (Wildman–Crippen LogP) is 5.18. The van der Waals surface area contributed by atoms with Gasteiger partial charge in [-0.25, -0.2) is 22.2 Å². The van der Waals surface area contributed by atoms with E-state index in [0.29, 0.717) is 41.3 Å². The van der Waals surface area contributed by atoms with Gasteiger partial charge < -0.3 is 14.6 Å². The van der Waals surface area contributed by atoms with Crippen LogP contribution in [0.2, 0.25) is 0 Å². The number of sulfone groups is 1. The Balaban J connectivity index is 1.32. The number of hydrogen-bond acceptors (Lipinski definition) is 6. The molecule has 0 aliphatic heterocycles. The van der Waals surface area contributed by atoms with Crippen LogP contribution in [-0.4, -0.2) is 43.1 Å². The summed E-state index contributed by atoms with van der Waals surface area (Å²) < 4.78 is 64.5. The van der Waals surface area contributed by atoms with Crippen molar-refractivity contribution in [2.75, 3.05) is 18.6 Å². The highest BCUT2D eigenvalue weighted by molar-refractivity contribution is 7.90. The van der Waals surface area contributed by atoms with Crippen LogP contribution in [0.15, 0.2) is 36.4 Å². The van der Waals surface area contributed by atoms with E-state index in [4.69, 9.17) is 9.47 Å². The zero-order chi connectivity index (χ0) is 29.0. The van der Waals surface area contributed by atoms with Gasteiger partial charge in [0.1, 0.15) is 33.8 Å². The van der Waals surface area contributed by atoms with Gasteiger partial charge in [-0.05, 0) is 73.6 Å². The van der Waals surface area contributed by atoms with E-state index in [-0.39, 0.29) is 47.3 Å². The lowest BCUT2D eigenvalue weighted by atomic mass is 9.93. The van der Waals surface area contributed by atoms with Gasteiger partial charge in [0.2, 0.25) is 5.88 Å². The lowest BCUT2D eigenvalue weighted by molar-refractivity contribution is -0.139. The van der Waals surface area contributed by atoms with Crippen LogP contribution in [0.1, 0.15) is 41.3 Å². The van der Waals surface area contributed by atoms with Gasteiger partial charge in [0.15, 0.2) is 0 Å². The molecule has 3 aromatic rings. The number of aliphatic carboxylic acids is 1. The molecule has 3 unspecified atom stereocenters. The van der Waals surface area contributed by atoms with Gasteiger partial charge in [-0.1, -0.05) is 13.0 Å². The first-order chi connectivity index (χ1) is 18.8. The SMILES string of the molecule is Cc1cc(OCCCS(C)(=O)=O)nc(C)c1-c1ccc(F)c(COc2ccc3c(c2)CC2C(C(=O)O)C32C)c1F. The summed E-state index contributed by atoms with van der Waals surface area (Å²) in [7, 11) is -3.09. The maximum atomic E-state index is 15.7. The van der Waals surface area contributed by atoms with Crippen LogP contribution in [0.4, 0.5) is 8.78 Å². The Labute approximate surface area is 232 Å². The van der Waals surface area contributed by atoms with E-state index in [1.54, 1.807) is 26.0 Å². The summed E-state index contributed by atoms with van der Waals surface area (Å²) in [5, 5.41) is 9.46. The fraction of sp³-hybridized carbons (Fsp3) is 0.400. The van der Waals surface area contributed by atoms with Crippen molar-refractivity contribution in [3.63, 3.8) is 0 Å². The number of ether oxygens (including phenoxy) is 2. The first kappa shape index (κ1) is 28.0. The molecule has 1 saturated carbocycles. The normalized spacial score (nSPS) is 21.1. The third kappa shape index (κ3) is 5.05. The van der Waals surface area contributed by atoms with Crippen LogP contribution in [0.5, 0.6) is 11.6 Å². The molecule has 3 atom stereocenters. The number of fused-ring (bicyclic) bond motifs is 3. The molecule has 2 aliphatic carbocycles. The number of aromatic nitrogens is 1. The molecule has 40 heavy (non-hydrogen) atoms. The summed E-state index contributed by atoms with van der Waals surface area (Å²) in [6.07, 6.45) is 2.13. The smallest absolute Gasteiger partial charge is 0.307 e. The summed E-state index contributed by atoms with van der Waals surface area (Å²) >= 11 is 0. The standard InChI is InChI=1S/C30H31F2NO6S/c1-16-12-25(38-10-5-11-40(4,36)37)33-17(2)26(16)20-7-9-24(31)21(28(20)32)15-39-19-6-8-22-18(13-19)14-23-27(29(34)35)30(22,23)3/h6-9,12-13,23,27H,5,10-11,14-15H2,1-4H3,(H,34,35). The Bertz CT molecular complexity index is 1600. The molecule has 7 nitrogen and oxygen atoms in total. The highest BCUT2D eigenvalue weighted by Crippen LogP contribution is 2.66. The van der Waals surface area contributed by atoms with Gasteiger partial charge in [-0.3, -0.25) is 4.79 Å². The minimum absolute atomic E-state index is 0.00519. The number of hydrogen-bond donors (Lipinski definition) is 1. The number of carbonyl (C=O) groups is 1. The molecular formula is C30H31F2NO6S. The van der Waals surface area contributed by atoms with Crippen molar-refractivity contribution in [3.8, 4) is 22.8 Å². The van der Waals surface area contributed by atoms with Crippen molar-refractivity contribution in [1.82, 2.24) is 4.98 Å². The fourth-order valence-corrected chi connectivity index (χ4v) is 6.81. The van der Waals surface area contributed by atoms with Crippen LogP contribution < -0.4 is 9.47 Å². The lowest BCUT2D eigenvalue weighted by Gasteiger charge is -2.17. The monoisotopic (exact) mass is 571 g/mol. The molecule has 0 saturated heterocycles. The second-order valence-electron chi connectivity index (χ2n) is 11.0. The van der Waals surface area contributed by atoms with Crippen molar-refractivity contribution >= 4 is 15.8 Å². The predicted molar refractivity (Wildman–Crippen MR) is 145 cm³/mol. The summed E-state index contributed by atoms with van der Waals surface area (Å²) in [6.45, 7) is 5.30. The zero-order valence-corrected chi connectivity index (χ0v) is 23.6. The van der Waals surface area contributed by atoms with Crippen molar-refractivity contribution in [2.24, 2.45) is 11.8 Å². The van der Waals surface area contributed by atoms with Crippen LogP contribution in [-0.2, 0) is 33.1 Å². The molecule has 0 radical (unpaired) electrons. The topological polar surface area (TPSA) is 103 Å². The van der Waals surface area contributed by atoms with E-state index in [9.17, 15) is 22.7 Å². The minimum Gasteiger partial charge on any atom is -0.489 e. The summed E-state index contributed by atoms with van der Waals surface area (Å²) in [4.78, 5) is 15.9. The first-order valence-electron chi connectivity index (χ1n) is 13.1. The first-order valence-corrected chi connectivity index (χ1v) is 15.1. The number of aryl methyl sites for hydroxylation is 2. The van der Waals surface area contributed by atoms with Crippen LogP contribution in [0.3, 0.4) is 0 Å². The Kier molecular flexibility index (Phi) is 7.10. The molecule has 212 valence electrons. The molecule has 1 fully saturated rings.